The quantitative estimate of drug-likeness (QED) is 0.684. The molecule has 0 aliphatic heterocycles. The van der Waals surface area contributed by atoms with Crippen LogP contribution in [0.2, 0.25) is 0 Å². The molecule has 0 saturated carbocycles. The molecule has 2 nitrogen and oxygen atoms in total. The molecule has 0 heterocycles. The molecule has 0 atom stereocenters. The van der Waals surface area contributed by atoms with Gasteiger partial charge in [0.05, 0.1) is 0 Å². The van der Waals surface area contributed by atoms with Crippen LogP contribution in [-0.2, 0) is 4.79 Å². The summed E-state index contributed by atoms with van der Waals surface area (Å²) >= 11 is 5.65. The Labute approximate surface area is 108 Å². The number of amides is 1. The normalized spacial score (nSPS) is 10.7. The monoisotopic (exact) mass is 261 g/mol. The average molecular weight is 262 g/mol. The molecular weight excluding hydrogens is 241 g/mol. The van der Waals surface area contributed by atoms with Gasteiger partial charge in [-0.1, -0.05) is 38.6 Å². The van der Waals surface area contributed by atoms with Gasteiger partial charge in [-0.25, -0.2) is 4.39 Å². The van der Waals surface area contributed by atoms with E-state index in [2.05, 4.69) is 13.2 Å². The Kier molecular flexibility index (Phi) is 10.8. The predicted octanol–water partition coefficient (Wildman–Crippen LogP) is 4.04. The summed E-state index contributed by atoms with van der Waals surface area (Å²) in [5, 5.41) is 0.0899. The predicted molar refractivity (Wildman–Crippen MR) is 72.6 cm³/mol. The van der Waals surface area contributed by atoms with Crippen LogP contribution >= 0.6 is 11.6 Å². The smallest absolute Gasteiger partial charge is 0.219 e. The summed E-state index contributed by atoms with van der Waals surface area (Å²) in [6.07, 6.45) is 1.05. The Hall–Kier alpha value is -1.09. The van der Waals surface area contributed by atoms with E-state index in [-0.39, 0.29) is 23.1 Å². The summed E-state index contributed by atoms with van der Waals surface area (Å²) in [6, 6.07) is 0. The fourth-order valence-corrected chi connectivity index (χ4v) is 1.20. The van der Waals surface area contributed by atoms with Crippen molar-refractivity contribution in [3.05, 3.63) is 35.7 Å². The van der Waals surface area contributed by atoms with Gasteiger partial charge in [-0.15, -0.1) is 0 Å². The number of allylic oxidation sites excluding steroid dienone is 2. The van der Waals surface area contributed by atoms with E-state index in [0.29, 0.717) is 6.54 Å². The summed E-state index contributed by atoms with van der Waals surface area (Å²) in [4.78, 5) is 12.6. The highest BCUT2D eigenvalue weighted by Gasteiger charge is 2.13. The van der Waals surface area contributed by atoms with Crippen LogP contribution in [0.5, 0.6) is 0 Å². The molecule has 0 aromatic carbocycles. The lowest BCUT2D eigenvalue weighted by atomic mass is 10.2. The second kappa shape index (κ2) is 10.1. The van der Waals surface area contributed by atoms with Crippen LogP contribution in [0.15, 0.2) is 35.7 Å². The van der Waals surface area contributed by atoms with Crippen molar-refractivity contribution < 1.29 is 9.18 Å². The van der Waals surface area contributed by atoms with Crippen molar-refractivity contribution in [2.24, 2.45) is 0 Å². The molecule has 17 heavy (non-hydrogen) atoms. The first-order valence-electron chi connectivity index (χ1n) is 5.55. The Morgan fingerprint density at radius 2 is 1.94 bits per heavy atom. The van der Waals surface area contributed by atoms with Crippen molar-refractivity contribution in [3.63, 3.8) is 0 Å². The lowest BCUT2D eigenvalue weighted by Crippen LogP contribution is -2.30. The van der Waals surface area contributed by atoms with E-state index in [1.807, 2.05) is 20.8 Å². The number of carbonyl (C=O) groups excluding carboxylic acids is 1. The number of likely N-dealkylation sites (N-methyl/N-ethyl adjacent to an activating group) is 1. The first-order chi connectivity index (χ1) is 7.93. The summed E-state index contributed by atoms with van der Waals surface area (Å²) < 4.78 is 13.3. The maximum Gasteiger partial charge on any atom is 0.219 e. The second-order valence-corrected chi connectivity index (χ2v) is 3.42. The first kappa shape index (κ1) is 18.3. The van der Waals surface area contributed by atoms with Crippen molar-refractivity contribution in [1.29, 1.82) is 0 Å². The minimum atomic E-state index is -0.547. The average Bonchev–Trinajstić information content (AvgIpc) is 2.31. The number of halogens is 2. The summed E-state index contributed by atoms with van der Waals surface area (Å²) in [6.45, 7) is 14.6. The summed E-state index contributed by atoms with van der Waals surface area (Å²) in [7, 11) is 0. The number of hydrogen-bond donors (Lipinski definition) is 0. The van der Waals surface area contributed by atoms with Gasteiger partial charge in [-0.05, 0) is 13.0 Å². The van der Waals surface area contributed by atoms with E-state index in [4.69, 9.17) is 11.6 Å². The van der Waals surface area contributed by atoms with E-state index in [9.17, 15) is 9.18 Å². The van der Waals surface area contributed by atoms with E-state index in [1.165, 1.54) is 11.8 Å². The Bertz CT molecular complexity index is 311. The SMILES string of the molecule is C=C/C(F)=C(/CN(CC)C(C)=O)C(=C)Cl.CC. The standard InChI is InChI=1S/C11H15ClFNO.C2H6/c1-5-11(13)10(8(3)12)7-14(6-2)9(4)15;1-2/h5H,1,3,6-7H2,2,4H3;1-2H3/b11-10+;. The van der Waals surface area contributed by atoms with Crippen LogP contribution in [0, 0.1) is 0 Å². The van der Waals surface area contributed by atoms with Gasteiger partial charge in [-0.2, -0.15) is 0 Å². The molecule has 0 saturated heterocycles. The zero-order valence-electron chi connectivity index (χ0n) is 11.0. The van der Waals surface area contributed by atoms with Crippen molar-refractivity contribution in [3.8, 4) is 0 Å². The van der Waals surface area contributed by atoms with Gasteiger partial charge in [0.2, 0.25) is 5.91 Å². The molecule has 0 fully saturated rings. The fraction of sp³-hybridized carbons (Fsp3) is 0.462. The molecule has 0 aromatic heterocycles. The van der Waals surface area contributed by atoms with Gasteiger partial charge in [0, 0.05) is 30.6 Å². The minimum Gasteiger partial charge on any atom is -0.339 e. The van der Waals surface area contributed by atoms with Crippen molar-refractivity contribution in [2.45, 2.75) is 27.7 Å². The molecule has 0 aliphatic carbocycles. The zero-order chi connectivity index (χ0) is 14.0. The van der Waals surface area contributed by atoms with E-state index in [0.717, 1.165) is 6.08 Å². The summed E-state index contributed by atoms with van der Waals surface area (Å²) in [5.74, 6) is -0.681. The molecule has 1 amide bonds. The van der Waals surface area contributed by atoms with Crippen molar-refractivity contribution in [2.75, 3.05) is 13.1 Å². The molecule has 0 rings (SSSR count). The maximum atomic E-state index is 13.3. The van der Waals surface area contributed by atoms with E-state index in [1.54, 1.807) is 0 Å². The highest BCUT2D eigenvalue weighted by Crippen LogP contribution is 2.20. The molecule has 0 unspecified atom stereocenters. The highest BCUT2D eigenvalue weighted by atomic mass is 35.5. The molecule has 0 aromatic rings. The van der Waals surface area contributed by atoms with Gasteiger partial charge in [-0.3, -0.25) is 4.79 Å². The van der Waals surface area contributed by atoms with Gasteiger partial charge in [0.1, 0.15) is 5.83 Å². The van der Waals surface area contributed by atoms with Crippen molar-refractivity contribution in [1.82, 2.24) is 4.90 Å². The number of hydrogen-bond acceptors (Lipinski definition) is 1. The third-order valence-electron chi connectivity index (χ3n) is 1.97. The molecular formula is C13H21ClFNO. The Morgan fingerprint density at radius 3 is 2.18 bits per heavy atom. The van der Waals surface area contributed by atoms with Gasteiger partial charge >= 0.3 is 0 Å². The third kappa shape index (κ3) is 6.95. The van der Waals surface area contributed by atoms with Crippen LogP contribution < -0.4 is 0 Å². The number of rotatable bonds is 5. The number of nitrogens with zero attached hydrogens (tertiary/aromatic N) is 1. The van der Waals surface area contributed by atoms with E-state index >= 15 is 0 Å². The Balaban J connectivity index is 0. The van der Waals surface area contributed by atoms with Crippen LogP contribution in [-0.4, -0.2) is 23.9 Å². The molecule has 0 N–H and O–H groups in total. The lowest BCUT2D eigenvalue weighted by molar-refractivity contribution is -0.128. The molecule has 0 spiro atoms. The molecule has 0 aliphatic rings. The topological polar surface area (TPSA) is 20.3 Å². The zero-order valence-corrected chi connectivity index (χ0v) is 11.8. The van der Waals surface area contributed by atoms with Crippen LogP contribution in [0.1, 0.15) is 27.7 Å². The largest absolute Gasteiger partial charge is 0.339 e. The number of carbonyl (C=O) groups is 1. The molecule has 98 valence electrons. The second-order valence-electron chi connectivity index (χ2n) is 2.97. The van der Waals surface area contributed by atoms with Crippen LogP contribution in [0.25, 0.3) is 0 Å². The first-order valence-corrected chi connectivity index (χ1v) is 5.93. The fourth-order valence-electron chi connectivity index (χ4n) is 1.05. The molecule has 0 radical (unpaired) electrons. The molecule has 0 bridgehead atoms. The Morgan fingerprint density at radius 1 is 1.47 bits per heavy atom. The minimum absolute atomic E-state index is 0.0899. The lowest BCUT2D eigenvalue weighted by Gasteiger charge is -2.20. The van der Waals surface area contributed by atoms with Gasteiger partial charge in [0.25, 0.3) is 0 Å². The van der Waals surface area contributed by atoms with Crippen molar-refractivity contribution >= 4 is 17.5 Å². The van der Waals surface area contributed by atoms with Gasteiger partial charge < -0.3 is 4.90 Å². The van der Waals surface area contributed by atoms with Crippen LogP contribution in [0.4, 0.5) is 4.39 Å². The molecule has 4 heteroatoms. The highest BCUT2D eigenvalue weighted by molar-refractivity contribution is 6.31. The summed E-state index contributed by atoms with van der Waals surface area (Å²) in [5.41, 5.74) is 0.198. The third-order valence-corrected chi connectivity index (χ3v) is 2.20. The van der Waals surface area contributed by atoms with Crippen LogP contribution in [0.3, 0.4) is 0 Å². The maximum absolute atomic E-state index is 13.3. The van der Waals surface area contributed by atoms with Gasteiger partial charge in [0.15, 0.2) is 0 Å². The van der Waals surface area contributed by atoms with E-state index < -0.39 is 5.83 Å².